The summed E-state index contributed by atoms with van der Waals surface area (Å²) in [6, 6.07) is 5.05. The van der Waals surface area contributed by atoms with E-state index in [9.17, 15) is 14.4 Å². The van der Waals surface area contributed by atoms with E-state index in [4.69, 9.17) is 13.9 Å². The van der Waals surface area contributed by atoms with Crippen molar-refractivity contribution in [2.45, 2.75) is 26.4 Å². The lowest BCUT2D eigenvalue weighted by Gasteiger charge is -2.29. The molecule has 1 saturated heterocycles. The molecule has 1 aliphatic heterocycles. The lowest BCUT2D eigenvalue weighted by atomic mass is 10.1. The molecule has 1 aliphatic rings. The van der Waals surface area contributed by atoms with Gasteiger partial charge in [0.15, 0.2) is 6.61 Å². The molecule has 0 saturated carbocycles. The first-order chi connectivity index (χ1) is 13.4. The smallest absolute Gasteiger partial charge is 0.336 e. The standard InChI is InChI=1S/C20H24N2O6/c1-4-13-7-19(25)28-16-6-12(2)5-15(20(13)16)27-10-17(23)21-8-14-9-22(3)18(24)11-26-14/h5-7,14H,4,8-11H2,1-3H3,(H,21,23). The third-order valence-electron chi connectivity index (χ3n) is 4.65. The third kappa shape index (κ3) is 4.51. The van der Waals surface area contributed by atoms with Gasteiger partial charge in [-0.25, -0.2) is 4.79 Å². The number of rotatable bonds is 6. The molecule has 8 nitrogen and oxygen atoms in total. The van der Waals surface area contributed by atoms with Crippen molar-refractivity contribution < 1.29 is 23.5 Å². The molecule has 2 aromatic rings. The van der Waals surface area contributed by atoms with E-state index in [1.807, 2.05) is 19.9 Å². The predicted octanol–water partition coefficient (Wildman–Crippen LogP) is 1.02. The molecule has 3 rings (SSSR count). The van der Waals surface area contributed by atoms with Crippen molar-refractivity contribution in [1.29, 1.82) is 0 Å². The number of nitrogens with zero attached hydrogens (tertiary/aromatic N) is 1. The number of nitrogens with one attached hydrogen (secondary N) is 1. The molecule has 1 aromatic heterocycles. The molecule has 1 aromatic carbocycles. The summed E-state index contributed by atoms with van der Waals surface area (Å²) in [5.41, 5.74) is 1.71. The summed E-state index contributed by atoms with van der Waals surface area (Å²) >= 11 is 0. The van der Waals surface area contributed by atoms with E-state index in [1.165, 1.54) is 6.07 Å². The molecule has 0 aliphatic carbocycles. The van der Waals surface area contributed by atoms with Gasteiger partial charge in [-0.05, 0) is 36.6 Å². The first-order valence-corrected chi connectivity index (χ1v) is 9.19. The molecule has 2 heterocycles. The van der Waals surface area contributed by atoms with Crippen molar-refractivity contribution in [3.63, 3.8) is 0 Å². The van der Waals surface area contributed by atoms with E-state index in [1.54, 1.807) is 18.0 Å². The lowest BCUT2D eigenvalue weighted by molar-refractivity contribution is -0.146. The number of amides is 2. The number of benzene rings is 1. The maximum atomic E-state index is 12.2. The van der Waals surface area contributed by atoms with Gasteiger partial charge in [0.1, 0.15) is 17.9 Å². The molecule has 1 unspecified atom stereocenters. The highest BCUT2D eigenvalue weighted by Gasteiger charge is 2.23. The number of aryl methyl sites for hydroxylation is 2. The van der Waals surface area contributed by atoms with Crippen LogP contribution in [-0.2, 0) is 20.7 Å². The van der Waals surface area contributed by atoms with Crippen LogP contribution in [0.15, 0.2) is 27.4 Å². The fourth-order valence-electron chi connectivity index (χ4n) is 3.17. The summed E-state index contributed by atoms with van der Waals surface area (Å²) in [6.07, 6.45) is 0.395. The summed E-state index contributed by atoms with van der Waals surface area (Å²) in [5.74, 6) is 0.133. The first-order valence-electron chi connectivity index (χ1n) is 9.19. The molecule has 8 heteroatoms. The first kappa shape index (κ1) is 19.9. The summed E-state index contributed by atoms with van der Waals surface area (Å²) in [5, 5.41) is 3.46. The number of carbonyl (C=O) groups is 2. The number of fused-ring (bicyclic) bond motifs is 1. The molecule has 0 radical (unpaired) electrons. The zero-order chi connectivity index (χ0) is 20.3. The molecule has 1 N–H and O–H groups in total. The van der Waals surface area contributed by atoms with Gasteiger partial charge >= 0.3 is 5.63 Å². The summed E-state index contributed by atoms with van der Waals surface area (Å²) in [4.78, 5) is 36.9. The topological polar surface area (TPSA) is 98.1 Å². The van der Waals surface area contributed by atoms with Crippen LogP contribution in [0.5, 0.6) is 5.75 Å². The highest BCUT2D eigenvalue weighted by Crippen LogP contribution is 2.30. The van der Waals surface area contributed by atoms with Crippen LogP contribution in [0.4, 0.5) is 0 Å². The van der Waals surface area contributed by atoms with E-state index in [2.05, 4.69) is 5.32 Å². The number of ether oxygens (including phenoxy) is 2. The maximum Gasteiger partial charge on any atom is 0.336 e. The molecule has 1 atom stereocenters. The minimum atomic E-state index is -0.408. The van der Waals surface area contributed by atoms with Crippen molar-refractivity contribution in [2.24, 2.45) is 0 Å². The number of likely N-dealkylation sites (N-methyl/N-ethyl adjacent to an activating group) is 1. The van der Waals surface area contributed by atoms with Crippen LogP contribution in [0.25, 0.3) is 11.0 Å². The molecule has 28 heavy (non-hydrogen) atoms. The van der Waals surface area contributed by atoms with Crippen LogP contribution >= 0.6 is 0 Å². The second-order valence-electron chi connectivity index (χ2n) is 6.88. The fraction of sp³-hybridized carbons (Fsp3) is 0.450. The van der Waals surface area contributed by atoms with Crippen LogP contribution in [0.1, 0.15) is 18.1 Å². The zero-order valence-electron chi connectivity index (χ0n) is 16.2. The summed E-state index contributed by atoms with van der Waals surface area (Å²) < 4.78 is 16.4. The van der Waals surface area contributed by atoms with Crippen LogP contribution < -0.4 is 15.7 Å². The van der Waals surface area contributed by atoms with Gasteiger partial charge in [0.2, 0.25) is 5.91 Å². The Balaban J connectivity index is 1.65. The van der Waals surface area contributed by atoms with Crippen LogP contribution in [0.2, 0.25) is 0 Å². The largest absolute Gasteiger partial charge is 0.483 e. The zero-order valence-corrected chi connectivity index (χ0v) is 16.2. The Morgan fingerprint density at radius 1 is 1.32 bits per heavy atom. The fourth-order valence-corrected chi connectivity index (χ4v) is 3.17. The molecule has 0 spiro atoms. The van der Waals surface area contributed by atoms with Gasteiger partial charge in [0, 0.05) is 26.2 Å². The molecule has 150 valence electrons. The molecule has 1 fully saturated rings. The van der Waals surface area contributed by atoms with E-state index in [0.29, 0.717) is 36.2 Å². The van der Waals surface area contributed by atoms with Crippen molar-refractivity contribution >= 4 is 22.8 Å². The highest BCUT2D eigenvalue weighted by atomic mass is 16.5. The number of hydrogen-bond acceptors (Lipinski definition) is 6. The Morgan fingerprint density at radius 3 is 2.82 bits per heavy atom. The average molecular weight is 388 g/mol. The second-order valence-corrected chi connectivity index (χ2v) is 6.88. The monoisotopic (exact) mass is 388 g/mol. The quantitative estimate of drug-likeness (QED) is 0.742. The van der Waals surface area contributed by atoms with Crippen molar-refractivity contribution in [2.75, 3.05) is 33.4 Å². The molecule has 2 amide bonds. The van der Waals surface area contributed by atoms with Crippen molar-refractivity contribution in [3.05, 3.63) is 39.7 Å². The van der Waals surface area contributed by atoms with Gasteiger partial charge in [-0.1, -0.05) is 6.92 Å². The lowest BCUT2D eigenvalue weighted by Crippen LogP contribution is -2.49. The van der Waals surface area contributed by atoms with Crippen LogP contribution in [-0.4, -0.2) is 56.2 Å². The van der Waals surface area contributed by atoms with Gasteiger partial charge in [-0.2, -0.15) is 0 Å². The average Bonchev–Trinajstić information content (AvgIpc) is 2.65. The number of carbonyl (C=O) groups excluding carboxylic acids is 2. The van der Waals surface area contributed by atoms with E-state index in [-0.39, 0.29) is 31.1 Å². The Kier molecular flexibility index (Phi) is 5.99. The van der Waals surface area contributed by atoms with E-state index < -0.39 is 5.63 Å². The van der Waals surface area contributed by atoms with Gasteiger partial charge in [-0.3, -0.25) is 9.59 Å². The van der Waals surface area contributed by atoms with E-state index in [0.717, 1.165) is 11.1 Å². The van der Waals surface area contributed by atoms with Gasteiger partial charge in [0.05, 0.1) is 11.5 Å². The molecular formula is C20H24N2O6. The number of hydrogen-bond donors (Lipinski definition) is 1. The van der Waals surface area contributed by atoms with Crippen LogP contribution in [0.3, 0.4) is 0 Å². The van der Waals surface area contributed by atoms with Crippen LogP contribution in [0, 0.1) is 6.92 Å². The van der Waals surface area contributed by atoms with Gasteiger partial charge < -0.3 is 24.1 Å². The Bertz CT molecular complexity index is 952. The van der Waals surface area contributed by atoms with E-state index >= 15 is 0 Å². The minimum absolute atomic E-state index is 0.0216. The Labute approximate surface area is 162 Å². The molecular weight excluding hydrogens is 364 g/mol. The number of morpholine rings is 1. The Morgan fingerprint density at radius 2 is 2.11 bits per heavy atom. The minimum Gasteiger partial charge on any atom is -0.483 e. The predicted molar refractivity (Wildman–Crippen MR) is 102 cm³/mol. The van der Waals surface area contributed by atoms with Gasteiger partial charge in [0.25, 0.3) is 5.91 Å². The normalized spacial score (nSPS) is 17.0. The van der Waals surface area contributed by atoms with Gasteiger partial charge in [-0.15, -0.1) is 0 Å². The van der Waals surface area contributed by atoms with Crippen molar-refractivity contribution in [3.8, 4) is 5.75 Å². The van der Waals surface area contributed by atoms with Crippen molar-refractivity contribution in [1.82, 2.24) is 10.2 Å². The second kappa shape index (κ2) is 8.43. The summed E-state index contributed by atoms with van der Waals surface area (Å²) in [7, 11) is 1.70. The highest BCUT2D eigenvalue weighted by molar-refractivity contribution is 5.88. The third-order valence-corrected chi connectivity index (χ3v) is 4.65. The maximum absolute atomic E-state index is 12.2. The Hall–Kier alpha value is -2.87. The summed E-state index contributed by atoms with van der Waals surface area (Å²) in [6.45, 7) is 4.38. The SMILES string of the molecule is CCc1cc(=O)oc2cc(C)cc(OCC(=O)NCC3CN(C)C(=O)CO3)c12. The molecule has 0 bridgehead atoms.